The summed E-state index contributed by atoms with van der Waals surface area (Å²) in [5.74, 6) is -1.29. The minimum Gasteiger partial charge on any atom is -0.456 e. The monoisotopic (exact) mass is 318 g/mol. The Morgan fingerprint density at radius 3 is 2.13 bits per heavy atom. The first-order chi connectivity index (χ1) is 10.4. The molecule has 1 aliphatic heterocycles. The van der Waals surface area contributed by atoms with Crippen molar-refractivity contribution in [1.29, 1.82) is 5.26 Å². The van der Waals surface area contributed by atoms with E-state index in [4.69, 9.17) is 9.47 Å². The maximum atomic E-state index is 12.1. The molecule has 124 valence electrons. The Balaban J connectivity index is 3.11. The van der Waals surface area contributed by atoms with Crippen molar-refractivity contribution in [2.45, 2.75) is 52.7 Å². The van der Waals surface area contributed by atoms with E-state index in [9.17, 15) is 14.9 Å². The SMILES string of the molecule is CC(C)(C)OC(=O)C1=C/C(=C(/C#N)C(=O)OC(C)(C)C)NC=C1. The Kier molecular flexibility index (Phi) is 5.38. The molecule has 0 aromatic carbocycles. The Hall–Kier alpha value is -2.55. The third-order valence-electron chi connectivity index (χ3n) is 2.42. The highest BCUT2D eigenvalue weighted by Gasteiger charge is 2.25. The largest absolute Gasteiger partial charge is 0.456 e. The zero-order chi connectivity index (χ0) is 17.8. The highest BCUT2D eigenvalue weighted by Crippen LogP contribution is 2.19. The lowest BCUT2D eigenvalue weighted by molar-refractivity contribution is -0.150. The van der Waals surface area contributed by atoms with E-state index < -0.39 is 23.1 Å². The molecule has 23 heavy (non-hydrogen) atoms. The van der Waals surface area contributed by atoms with Crippen LogP contribution in [0, 0.1) is 11.3 Å². The lowest BCUT2D eigenvalue weighted by Crippen LogP contribution is -2.27. The smallest absolute Gasteiger partial charge is 0.351 e. The van der Waals surface area contributed by atoms with Crippen LogP contribution in [0.2, 0.25) is 0 Å². The van der Waals surface area contributed by atoms with Gasteiger partial charge in [-0.25, -0.2) is 9.59 Å². The average molecular weight is 318 g/mol. The van der Waals surface area contributed by atoms with Crippen LogP contribution < -0.4 is 5.32 Å². The molecule has 1 aliphatic rings. The number of carbonyl (C=O) groups excluding carboxylic acids is 2. The zero-order valence-electron chi connectivity index (χ0n) is 14.3. The van der Waals surface area contributed by atoms with Crippen molar-refractivity contribution in [3.8, 4) is 6.07 Å². The van der Waals surface area contributed by atoms with Crippen LogP contribution >= 0.6 is 0 Å². The van der Waals surface area contributed by atoms with Gasteiger partial charge in [-0.2, -0.15) is 5.26 Å². The fourth-order valence-electron chi connectivity index (χ4n) is 1.62. The first kappa shape index (κ1) is 18.5. The molecule has 0 spiro atoms. The van der Waals surface area contributed by atoms with E-state index in [2.05, 4.69) is 5.32 Å². The van der Waals surface area contributed by atoms with Gasteiger partial charge in [-0.05, 0) is 53.7 Å². The van der Waals surface area contributed by atoms with Gasteiger partial charge in [0.15, 0.2) is 5.57 Å². The highest BCUT2D eigenvalue weighted by atomic mass is 16.6. The predicted octanol–water partition coefficient (Wildman–Crippen LogP) is 2.49. The maximum absolute atomic E-state index is 12.1. The summed E-state index contributed by atoms with van der Waals surface area (Å²) in [5.41, 5.74) is -1.12. The fourth-order valence-corrected chi connectivity index (χ4v) is 1.62. The molecule has 0 unspecified atom stereocenters. The second-order valence-electron chi connectivity index (χ2n) is 6.98. The number of nitrogens with zero attached hydrogens (tertiary/aromatic N) is 1. The van der Waals surface area contributed by atoms with Crippen LogP contribution in [-0.2, 0) is 19.1 Å². The third-order valence-corrected chi connectivity index (χ3v) is 2.42. The number of hydrogen-bond acceptors (Lipinski definition) is 6. The summed E-state index contributed by atoms with van der Waals surface area (Å²) in [6.45, 7) is 10.4. The molecule has 0 aromatic heterocycles. The van der Waals surface area contributed by atoms with Crippen LogP contribution in [0.1, 0.15) is 41.5 Å². The Morgan fingerprint density at radius 2 is 1.65 bits per heavy atom. The van der Waals surface area contributed by atoms with E-state index in [0.717, 1.165) is 0 Å². The molecule has 0 aromatic rings. The maximum Gasteiger partial charge on any atom is 0.351 e. The number of nitriles is 1. The van der Waals surface area contributed by atoms with Crippen molar-refractivity contribution in [3.05, 3.63) is 35.2 Å². The molecular formula is C17H22N2O4. The number of ether oxygens (including phenoxy) is 2. The molecule has 6 nitrogen and oxygen atoms in total. The first-order valence-electron chi connectivity index (χ1n) is 7.19. The summed E-state index contributed by atoms with van der Waals surface area (Å²) in [4.78, 5) is 24.2. The Bertz CT molecular complexity index is 635. The number of allylic oxidation sites excluding steroid dienone is 1. The van der Waals surface area contributed by atoms with Gasteiger partial charge in [0.1, 0.15) is 17.3 Å². The van der Waals surface area contributed by atoms with Crippen LogP contribution in [0.4, 0.5) is 0 Å². The predicted molar refractivity (Wildman–Crippen MR) is 84.7 cm³/mol. The van der Waals surface area contributed by atoms with Crippen molar-refractivity contribution < 1.29 is 19.1 Å². The Labute approximate surface area is 136 Å². The molecule has 0 saturated carbocycles. The van der Waals surface area contributed by atoms with Crippen molar-refractivity contribution in [1.82, 2.24) is 5.32 Å². The van der Waals surface area contributed by atoms with Gasteiger partial charge in [-0.1, -0.05) is 0 Å². The van der Waals surface area contributed by atoms with Crippen molar-refractivity contribution >= 4 is 11.9 Å². The second kappa shape index (κ2) is 6.69. The van der Waals surface area contributed by atoms with Crippen LogP contribution in [0.15, 0.2) is 35.2 Å². The minimum atomic E-state index is -0.752. The third kappa shape index (κ3) is 5.99. The van der Waals surface area contributed by atoms with Gasteiger partial charge in [0.2, 0.25) is 0 Å². The van der Waals surface area contributed by atoms with E-state index >= 15 is 0 Å². The summed E-state index contributed by atoms with van der Waals surface area (Å²) in [6, 6.07) is 1.81. The molecule has 0 atom stereocenters. The standard InChI is InChI=1S/C17H22N2O4/c1-16(2,3)22-14(20)11-7-8-19-13(9-11)12(10-18)15(21)23-17(4,5)6/h7-9,19H,1-6H3/b13-12+. The van der Waals surface area contributed by atoms with Crippen LogP contribution in [0.25, 0.3) is 0 Å². The molecule has 6 heteroatoms. The van der Waals surface area contributed by atoms with Gasteiger partial charge in [-0.15, -0.1) is 0 Å². The van der Waals surface area contributed by atoms with Gasteiger partial charge in [0, 0.05) is 6.20 Å². The summed E-state index contributed by atoms with van der Waals surface area (Å²) in [5, 5.41) is 12.0. The summed E-state index contributed by atoms with van der Waals surface area (Å²) in [6.07, 6.45) is 4.38. The van der Waals surface area contributed by atoms with E-state index in [1.54, 1.807) is 41.5 Å². The molecule has 1 rings (SSSR count). The van der Waals surface area contributed by atoms with E-state index in [-0.39, 0.29) is 16.8 Å². The summed E-state index contributed by atoms with van der Waals surface area (Å²) < 4.78 is 10.5. The highest BCUT2D eigenvalue weighted by molar-refractivity contribution is 5.97. The molecule has 0 amide bonds. The average Bonchev–Trinajstić information content (AvgIpc) is 2.35. The molecular weight excluding hydrogens is 296 g/mol. The molecule has 0 fully saturated rings. The molecule has 1 N–H and O–H groups in total. The van der Waals surface area contributed by atoms with E-state index in [0.29, 0.717) is 0 Å². The van der Waals surface area contributed by atoms with Crippen LogP contribution in [0.5, 0.6) is 0 Å². The number of nitrogens with one attached hydrogen (secondary N) is 1. The normalized spacial score (nSPS) is 16.7. The second-order valence-corrected chi connectivity index (χ2v) is 6.98. The van der Waals surface area contributed by atoms with Gasteiger partial charge in [0.05, 0.1) is 11.3 Å². The number of hydrogen-bond donors (Lipinski definition) is 1. The number of rotatable bonds is 2. The van der Waals surface area contributed by atoms with E-state index in [1.807, 2.05) is 6.07 Å². The zero-order valence-corrected chi connectivity index (χ0v) is 14.3. The topological polar surface area (TPSA) is 88.4 Å². The van der Waals surface area contributed by atoms with Crippen molar-refractivity contribution in [2.75, 3.05) is 0 Å². The summed E-state index contributed by atoms with van der Waals surface area (Å²) >= 11 is 0. The Morgan fingerprint density at radius 1 is 1.09 bits per heavy atom. The molecule has 0 radical (unpaired) electrons. The molecule has 0 saturated heterocycles. The first-order valence-corrected chi connectivity index (χ1v) is 7.19. The van der Waals surface area contributed by atoms with Crippen molar-refractivity contribution in [2.24, 2.45) is 0 Å². The van der Waals surface area contributed by atoms with Gasteiger partial charge < -0.3 is 14.8 Å². The molecule has 1 heterocycles. The number of esters is 2. The van der Waals surface area contributed by atoms with Crippen molar-refractivity contribution in [3.63, 3.8) is 0 Å². The summed E-state index contributed by atoms with van der Waals surface area (Å²) in [7, 11) is 0. The molecule has 0 bridgehead atoms. The minimum absolute atomic E-state index is 0.199. The molecule has 0 aliphatic carbocycles. The lowest BCUT2D eigenvalue weighted by Gasteiger charge is -2.22. The fraction of sp³-hybridized carbons (Fsp3) is 0.471. The van der Waals surface area contributed by atoms with E-state index in [1.165, 1.54) is 18.4 Å². The lowest BCUT2D eigenvalue weighted by atomic mass is 10.1. The van der Waals surface area contributed by atoms with Crippen LogP contribution in [0.3, 0.4) is 0 Å². The quantitative estimate of drug-likeness (QED) is 0.478. The van der Waals surface area contributed by atoms with Gasteiger partial charge in [0.25, 0.3) is 0 Å². The number of carbonyl (C=O) groups is 2. The van der Waals surface area contributed by atoms with Gasteiger partial charge in [-0.3, -0.25) is 0 Å². The van der Waals surface area contributed by atoms with Crippen LogP contribution in [-0.4, -0.2) is 23.1 Å². The number of dihydropyridines is 1. The van der Waals surface area contributed by atoms with Gasteiger partial charge >= 0.3 is 11.9 Å².